The standard InChI is InChI=1S/C16H28BNO2/c1-14(13-18)12-17(19-15-8-4-2-5-9-15)20-16-10-6-3-7-11-16/h14-16H,2-12H2,1H3. The molecule has 1 unspecified atom stereocenters. The number of hydrogen-bond donors (Lipinski definition) is 0. The third-order valence-corrected chi connectivity index (χ3v) is 4.56. The molecule has 0 bridgehead atoms. The molecule has 2 aliphatic rings. The minimum absolute atomic E-state index is 0.00665. The summed E-state index contributed by atoms with van der Waals surface area (Å²) in [6.45, 7) is 1.96. The summed E-state index contributed by atoms with van der Waals surface area (Å²) in [6, 6.07) is 2.31. The molecule has 0 saturated heterocycles. The van der Waals surface area contributed by atoms with Gasteiger partial charge in [0.15, 0.2) is 0 Å². The lowest BCUT2D eigenvalue weighted by Crippen LogP contribution is -2.35. The topological polar surface area (TPSA) is 42.2 Å². The Morgan fingerprint density at radius 3 is 1.80 bits per heavy atom. The Bertz CT molecular complexity index is 286. The molecular formula is C16H28BNO2. The molecule has 0 radical (unpaired) electrons. The fourth-order valence-electron chi connectivity index (χ4n) is 3.32. The molecule has 112 valence electrons. The molecule has 0 amide bonds. The predicted octanol–water partition coefficient (Wildman–Crippen LogP) is 4.33. The van der Waals surface area contributed by atoms with Crippen molar-refractivity contribution in [3.8, 4) is 6.07 Å². The maximum Gasteiger partial charge on any atom is 0.458 e. The minimum atomic E-state index is -0.171. The molecule has 3 nitrogen and oxygen atoms in total. The zero-order valence-electron chi connectivity index (χ0n) is 12.9. The van der Waals surface area contributed by atoms with Crippen LogP contribution in [0.25, 0.3) is 0 Å². The van der Waals surface area contributed by atoms with Crippen molar-refractivity contribution in [3.63, 3.8) is 0 Å². The van der Waals surface area contributed by atoms with Crippen molar-refractivity contribution in [2.75, 3.05) is 0 Å². The van der Waals surface area contributed by atoms with Crippen LogP contribution in [-0.4, -0.2) is 19.3 Å². The maximum atomic E-state index is 9.03. The molecule has 20 heavy (non-hydrogen) atoms. The Labute approximate surface area is 124 Å². The molecule has 0 N–H and O–H groups in total. The van der Waals surface area contributed by atoms with Crippen LogP contribution in [0.15, 0.2) is 0 Å². The summed E-state index contributed by atoms with van der Waals surface area (Å²) in [5.74, 6) is 0.00665. The Morgan fingerprint density at radius 2 is 1.40 bits per heavy atom. The lowest BCUT2D eigenvalue weighted by atomic mass is 9.76. The van der Waals surface area contributed by atoms with E-state index in [4.69, 9.17) is 14.6 Å². The van der Waals surface area contributed by atoms with Crippen LogP contribution in [-0.2, 0) is 9.31 Å². The molecule has 2 saturated carbocycles. The lowest BCUT2D eigenvalue weighted by Gasteiger charge is -2.30. The number of hydrogen-bond acceptors (Lipinski definition) is 3. The van der Waals surface area contributed by atoms with Gasteiger partial charge in [-0.2, -0.15) is 5.26 Å². The van der Waals surface area contributed by atoms with E-state index in [1.807, 2.05) is 6.92 Å². The van der Waals surface area contributed by atoms with Crippen LogP contribution < -0.4 is 0 Å². The third-order valence-electron chi connectivity index (χ3n) is 4.56. The summed E-state index contributed by atoms with van der Waals surface area (Å²) in [5, 5.41) is 9.03. The van der Waals surface area contributed by atoms with Crippen molar-refractivity contribution in [1.29, 1.82) is 5.26 Å². The molecule has 2 rings (SSSR count). The largest absolute Gasteiger partial charge is 0.458 e. The van der Waals surface area contributed by atoms with Gasteiger partial charge in [0.05, 0.1) is 6.07 Å². The molecule has 0 heterocycles. The molecule has 0 aliphatic heterocycles. The van der Waals surface area contributed by atoms with E-state index < -0.39 is 0 Å². The fourth-order valence-corrected chi connectivity index (χ4v) is 3.32. The van der Waals surface area contributed by atoms with Gasteiger partial charge < -0.3 is 9.31 Å². The van der Waals surface area contributed by atoms with Gasteiger partial charge in [0.1, 0.15) is 0 Å². The minimum Gasteiger partial charge on any atom is -0.408 e. The van der Waals surface area contributed by atoms with E-state index in [0.717, 1.165) is 25.7 Å². The molecule has 0 aromatic carbocycles. The van der Waals surface area contributed by atoms with E-state index in [2.05, 4.69) is 6.07 Å². The normalized spacial score (nSPS) is 23.2. The van der Waals surface area contributed by atoms with E-state index in [1.165, 1.54) is 38.5 Å². The van der Waals surface area contributed by atoms with Crippen LogP contribution in [0, 0.1) is 17.2 Å². The van der Waals surface area contributed by atoms with E-state index >= 15 is 0 Å². The monoisotopic (exact) mass is 277 g/mol. The molecule has 4 heteroatoms. The molecular weight excluding hydrogens is 249 g/mol. The average molecular weight is 277 g/mol. The summed E-state index contributed by atoms with van der Waals surface area (Å²) in [6.07, 6.45) is 13.8. The average Bonchev–Trinajstić information content (AvgIpc) is 2.49. The SMILES string of the molecule is CC(C#N)CB(OC1CCCCC1)OC1CCCCC1. The first-order valence-electron chi connectivity index (χ1n) is 8.48. The van der Waals surface area contributed by atoms with Crippen LogP contribution in [0.3, 0.4) is 0 Å². The van der Waals surface area contributed by atoms with Gasteiger partial charge in [0.25, 0.3) is 0 Å². The highest BCUT2D eigenvalue weighted by molar-refractivity contribution is 6.44. The van der Waals surface area contributed by atoms with Crippen molar-refractivity contribution in [2.45, 2.75) is 89.7 Å². The third kappa shape index (κ3) is 5.46. The van der Waals surface area contributed by atoms with E-state index in [1.54, 1.807) is 0 Å². The molecule has 1 atom stereocenters. The highest BCUT2D eigenvalue weighted by Crippen LogP contribution is 2.26. The zero-order chi connectivity index (χ0) is 14.2. The summed E-state index contributed by atoms with van der Waals surface area (Å²) in [5.41, 5.74) is 0. The van der Waals surface area contributed by atoms with E-state index in [0.29, 0.717) is 18.5 Å². The van der Waals surface area contributed by atoms with Crippen molar-refractivity contribution in [2.24, 2.45) is 5.92 Å². The van der Waals surface area contributed by atoms with Crippen molar-refractivity contribution in [3.05, 3.63) is 0 Å². The van der Waals surface area contributed by atoms with Gasteiger partial charge in [-0.25, -0.2) is 0 Å². The van der Waals surface area contributed by atoms with Crippen LogP contribution >= 0.6 is 0 Å². The smallest absolute Gasteiger partial charge is 0.408 e. The zero-order valence-corrected chi connectivity index (χ0v) is 12.9. The summed E-state index contributed by atoms with van der Waals surface area (Å²) in [4.78, 5) is 0. The van der Waals surface area contributed by atoms with Crippen LogP contribution in [0.1, 0.15) is 71.1 Å². The summed E-state index contributed by atoms with van der Waals surface area (Å²) >= 11 is 0. The van der Waals surface area contributed by atoms with E-state index in [9.17, 15) is 0 Å². The quantitative estimate of drug-likeness (QED) is 0.678. The molecule has 0 spiro atoms. The second-order valence-corrected chi connectivity index (χ2v) is 6.49. The van der Waals surface area contributed by atoms with Gasteiger partial charge in [0.2, 0.25) is 0 Å². The van der Waals surface area contributed by atoms with Crippen LogP contribution in [0.4, 0.5) is 0 Å². The first-order chi connectivity index (χ1) is 9.78. The van der Waals surface area contributed by atoms with Gasteiger partial charge in [-0.3, -0.25) is 0 Å². The van der Waals surface area contributed by atoms with Gasteiger partial charge in [-0.1, -0.05) is 38.5 Å². The Balaban J connectivity index is 1.83. The number of rotatable bonds is 6. The predicted molar refractivity (Wildman–Crippen MR) is 81.3 cm³/mol. The molecule has 2 fully saturated rings. The maximum absolute atomic E-state index is 9.03. The Kier molecular flexibility index (Phi) is 6.89. The molecule has 0 aromatic rings. The molecule has 0 aromatic heterocycles. The second-order valence-electron chi connectivity index (χ2n) is 6.49. The van der Waals surface area contributed by atoms with E-state index in [-0.39, 0.29) is 13.0 Å². The number of nitrogens with zero attached hydrogens (tertiary/aromatic N) is 1. The highest BCUT2D eigenvalue weighted by atomic mass is 16.6. The van der Waals surface area contributed by atoms with Gasteiger partial charge >= 0.3 is 7.12 Å². The van der Waals surface area contributed by atoms with Crippen molar-refractivity contribution in [1.82, 2.24) is 0 Å². The van der Waals surface area contributed by atoms with Gasteiger partial charge in [0, 0.05) is 18.1 Å². The van der Waals surface area contributed by atoms with Crippen LogP contribution in [0.2, 0.25) is 6.32 Å². The molecule has 2 aliphatic carbocycles. The van der Waals surface area contributed by atoms with Gasteiger partial charge in [-0.15, -0.1) is 0 Å². The Hall–Kier alpha value is -0.525. The highest BCUT2D eigenvalue weighted by Gasteiger charge is 2.29. The lowest BCUT2D eigenvalue weighted by molar-refractivity contribution is 0.0648. The summed E-state index contributed by atoms with van der Waals surface area (Å²) < 4.78 is 12.4. The summed E-state index contributed by atoms with van der Waals surface area (Å²) in [7, 11) is -0.171. The first kappa shape index (κ1) is 15.9. The van der Waals surface area contributed by atoms with Crippen LogP contribution in [0.5, 0.6) is 0 Å². The fraction of sp³-hybridized carbons (Fsp3) is 0.938. The number of nitriles is 1. The van der Waals surface area contributed by atoms with Crippen molar-refractivity contribution < 1.29 is 9.31 Å². The van der Waals surface area contributed by atoms with Gasteiger partial charge in [-0.05, 0) is 38.9 Å². The Morgan fingerprint density at radius 1 is 0.950 bits per heavy atom. The second kappa shape index (κ2) is 8.69. The first-order valence-corrected chi connectivity index (χ1v) is 8.48. The van der Waals surface area contributed by atoms with Crippen molar-refractivity contribution >= 4 is 7.12 Å².